The van der Waals surface area contributed by atoms with Gasteiger partial charge in [-0.15, -0.1) is 0 Å². The van der Waals surface area contributed by atoms with Crippen molar-refractivity contribution in [2.24, 2.45) is 70.5 Å². The van der Waals surface area contributed by atoms with Crippen LogP contribution in [0.3, 0.4) is 0 Å². The fourth-order valence-electron chi connectivity index (χ4n) is 9.20. The summed E-state index contributed by atoms with van der Waals surface area (Å²) in [4.78, 5) is 37.0. The zero-order chi connectivity index (χ0) is 23.1. The fraction of sp³-hybridized carbons (Fsp3) is 0.880. The maximum Gasteiger partial charge on any atom is 0.317 e. The molecule has 7 nitrogen and oxygen atoms in total. The molecule has 5 aliphatic rings. The van der Waals surface area contributed by atoms with Gasteiger partial charge in [0.1, 0.15) is 0 Å². The third-order valence-corrected chi connectivity index (χ3v) is 10.2. The highest BCUT2D eigenvalue weighted by Crippen LogP contribution is 2.74. The average Bonchev–Trinajstić information content (AvgIpc) is 3.50. The number of cyclic esters (lactones) is 2. The van der Waals surface area contributed by atoms with E-state index in [4.69, 9.17) is 14.2 Å². The quantitative estimate of drug-likeness (QED) is 0.276. The first-order chi connectivity index (χ1) is 15.1. The number of methoxy groups -OCH3 is 2. The summed E-state index contributed by atoms with van der Waals surface area (Å²) in [7, 11) is 3.41. The summed E-state index contributed by atoms with van der Waals surface area (Å²) in [6.07, 6.45) is 3.62. The second kappa shape index (κ2) is 7.52. The number of carbonyl (C=O) groups is 3. The second-order valence-electron chi connectivity index (χ2n) is 11.8. The molecule has 0 amide bonds. The van der Waals surface area contributed by atoms with Gasteiger partial charge in [0.25, 0.3) is 0 Å². The summed E-state index contributed by atoms with van der Waals surface area (Å²) in [5.41, 5.74) is -0.878. The molecule has 0 aromatic heterocycles. The molecule has 5 fully saturated rings. The summed E-state index contributed by atoms with van der Waals surface area (Å²) >= 11 is 0. The summed E-state index contributed by atoms with van der Waals surface area (Å²) < 4.78 is 16.4. The van der Waals surface area contributed by atoms with Crippen LogP contribution >= 0.6 is 0 Å². The molecule has 7 heteroatoms. The number of hydrogen-bond acceptors (Lipinski definition) is 6. The molecular weight excluding hydrogens is 412 g/mol. The lowest BCUT2D eigenvalue weighted by atomic mass is 9.56. The molecule has 5 rings (SSSR count). The Morgan fingerprint density at radius 2 is 1.72 bits per heavy atom. The van der Waals surface area contributed by atoms with E-state index in [0.29, 0.717) is 47.8 Å². The van der Waals surface area contributed by atoms with Crippen molar-refractivity contribution in [1.82, 2.24) is 0 Å². The fourth-order valence-corrected chi connectivity index (χ4v) is 9.20. The minimum absolute atomic E-state index is 0.0345. The van der Waals surface area contributed by atoms with Crippen LogP contribution in [-0.4, -0.2) is 43.5 Å². The standard InChI is InChI=1S/C25H36O7/c1-10-17(22(27)32-21(10)26)20-15-8-13(16(20)9-25(2,3)24(28)29)19-12-6-11(18(15)19)7-14(12)23(30-4)31-5/h10-20,23H,6-9H2,1-5H3,(H,28,29). The smallest absolute Gasteiger partial charge is 0.317 e. The largest absolute Gasteiger partial charge is 0.481 e. The molecule has 1 aliphatic heterocycles. The predicted octanol–water partition coefficient (Wildman–Crippen LogP) is 3.21. The van der Waals surface area contributed by atoms with Crippen molar-refractivity contribution in [3.8, 4) is 0 Å². The number of aliphatic carboxylic acids is 1. The Labute approximate surface area is 189 Å². The molecule has 32 heavy (non-hydrogen) atoms. The number of carboxylic acid groups (broad SMARTS) is 1. The Morgan fingerprint density at radius 3 is 2.28 bits per heavy atom. The van der Waals surface area contributed by atoms with Crippen molar-refractivity contribution in [2.45, 2.75) is 52.7 Å². The van der Waals surface area contributed by atoms with Gasteiger partial charge in [0.2, 0.25) is 0 Å². The van der Waals surface area contributed by atoms with Crippen molar-refractivity contribution >= 4 is 17.9 Å². The molecule has 4 aliphatic carbocycles. The molecule has 0 radical (unpaired) electrons. The van der Waals surface area contributed by atoms with E-state index in [1.165, 1.54) is 6.42 Å². The molecule has 0 aromatic rings. The third kappa shape index (κ3) is 2.96. The van der Waals surface area contributed by atoms with Crippen LogP contribution < -0.4 is 0 Å². The van der Waals surface area contributed by atoms with Crippen molar-refractivity contribution in [2.75, 3.05) is 14.2 Å². The Balaban J connectivity index is 1.49. The summed E-state index contributed by atoms with van der Waals surface area (Å²) in [5, 5.41) is 9.86. The van der Waals surface area contributed by atoms with Gasteiger partial charge in [-0.1, -0.05) is 6.92 Å². The highest BCUT2D eigenvalue weighted by molar-refractivity contribution is 5.96. The van der Waals surface area contributed by atoms with Crippen molar-refractivity contribution < 1.29 is 33.7 Å². The topological polar surface area (TPSA) is 99.1 Å². The number of esters is 2. The molecule has 0 aromatic carbocycles. The van der Waals surface area contributed by atoms with Crippen molar-refractivity contribution in [3.63, 3.8) is 0 Å². The van der Waals surface area contributed by atoms with Gasteiger partial charge in [0, 0.05) is 20.1 Å². The number of carboxylic acids is 1. The van der Waals surface area contributed by atoms with Gasteiger partial charge in [0.05, 0.1) is 17.3 Å². The van der Waals surface area contributed by atoms with Crippen LogP contribution in [0.5, 0.6) is 0 Å². The van der Waals surface area contributed by atoms with Crippen molar-refractivity contribution in [3.05, 3.63) is 0 Å². The van der Waals surface area contributed by atoms with E-state index in [1.807, 2.05) is 0 Å². The van der Waals surface area contributed by atoms with Crippen LogP contribution in [0.2, 0.25) is 0 Å². The minimum atomic E-state index is -0.878. The molecule has 4 saturated carbocycles. The SMILES string of the molecule is COC(OC)C1CC2CC1C1C3CC(C(C4C(=O)OC(=O)C4C)C3CC(C)(C)C(=O)O)C21. The van der Waals surface area contributed by atoms with E-state index < -0.39 is 35.2 Å². The molecule has 11 atom stereocenters. The molecule has 1 N–H and O–H groups in total. The van der Waals surface area contributed by atoms with Crippen LogP contribution in [-0.2, 0) is 28.6 Å². The molecule has 1 heterocycles. The Morgan fingerprint density at radius 1 is 1.03 bits per heavy atom. The summed E-state index contributed by atoms with van der Waals surface area (Å²) in [6.45, 7) is 5.37. The Hall–Kier alpha value is -1.47. The first kappa shape index (κ1) is 22.3. The highest BCUT2D eigenvalue weighted by atomic mass is 16.7. The van der Waals surface area contributed by atoms with Gasteiger partial charge < -0.3 is 19.3 Å². The number of carbonyl (C=O) groups excluding carboxylic acids is 2. The zero-order valence-electron chi connectivity index (χ0n) is 19.7. The van der Waals surface area contributed by atoms with Gasteiger partial charge in [-0.25, -0.2) is 0 Å². The predicted molar refractivity (Wildman–Crippen MR) is 113 cm³/mol. The number of hydrogen-bond donors (Lipinski definition) is 1. The van der Waals surface area contributed by atoms with Crippen molar-refractivity contribution in [1.29, 1.82) is 0 Å². The Bertz CT molecular complexity index is 817. The van der Waals surface area contributed by atoms with E-state index in [-0.39, 0.29) is 18.1 Å². The highest BCUT2D eigenvalue weighted by Gasteiger charge is 2.70. The van der Waals surface area contributed by atoms with Crippen LogP contribution in [0.15, 0.2) is 0 Å². The first-order valence-electron chi connectivity index (χ1n) is 12.1. The lowest BCUT2D eigenvalue weighted by molar-refractivity contribution is -0.163. The zero-order valence-corrected chi connectivity index (χ0v) is 19.7. The van der Waals surface area contributed by atoms with E-state index in [0.717, 1.165) is 12.8 Å². The minimum Gasteiger partial charge on any atom is -0.481 e. The van der Waals surface area contributed by atoms with Gasteiger partial charge in [-0.05, 0) is 86.9 Å². The number of fused-ring (bicyclic) bond motifs is 9. The average molecular weight is 449 g/mol. The van der Waals surface area contributed by atoms with E-state index in [9.17, 15) is 19.5 Å². The van der Waals surface area contributed by atoms with E-state index in [2.05, 4.69) is 0 Å². The first-order valence-corrected chi connectivity index (χ1v) is 12.1. The van der Waals surface area contributed by atoms with E-state index in [1.54, 1.807) is 35.0 Å². The number of ether oxygens (including phenoxy) is 3. The molecule has 178 valence electrons. The van der Waals surface area contributed by atoms with Gasteiger partial charge in [-0.3, -0.25) is 14.4 Å². The molecule has 1 saturated heterocycles. The lowest BCUT2D eigenvalue weighted by Crippen LogP contribution is -2.47. The van der Waals surface area contributed by atoms with Crippen LogP contribution in [0.4, 0.5) is 0 Å². The number of rotatable bonds is 7. The maximum atomic E-state index is 12.8. The van der Waals surface area contributed by atoms with Crippen LogP contribution in [0.25, 0.3) is 0 Å². The third-order valence-electron chi connectivity index (χ3n) is 10.2. The van der Waals surface area contributed by atoms with Gasteiger partial charge in [-0.2, -0.15) is 0 Å². The van der Waals surface area contributed by atoms with Gasteiger partial charge >= 0.3 is 17.9 Å². The van der Waals surface area contributed by atoms with Crippen LogP contribution in [0.1, 0.15) is 46.5 Å². The molecule has 11 unspecified atom stereocenters. The monoisotopic (exact) mass is 448 g/mol. The summed E-state index contributed by atoms with van der Waals surface area (Å²) in [5.74, 6) is 0.973. The Kier molecular flexibility index (Phi) is 5.25. The lowest BCUT2D eigenvalue weighted by Gasteiger charge is -2.48. The van der Waals surface area contributed by atoms with Crippen LogP contribution in [0, 0.1) is 70.5 Å². The molecule has 0 spiro atoms. The van der Waals surface area contributed by atoms with E-state index >= 15 is 0 Å². The molecular formula is C25H36O7. The molecule has 4 bridgehead atoms. The maximum absolute atomic E-state index is 12.8. The second-order valence-corrected chi connectivity index (χ2v) is 11.8. The van der Waals surface area contributed by atoms with Gasteiger partial charge in [0.15, 0.2) is 6.29 Å². The summed E-state index contributed by atoms with van der Waals surface area (Å²) in [6, 6.07) is 0. The normalized spacial score (nSPS) is 46.9.